The summed E-state index contributed by atoms with van der Waals surface area (Å²) < 4.78 is 6.13. The zero-order valence-electron chi connectivity index (χ0n) is 17.0. The largest absolute Gasteiger partial charge is 0.375 e. The lowest BCUT2D eigenvalue weighted by Crippen LogP contribution is -2.47. The monoisotopic (exact) mass is 389 g/mol. The van der Waals surface area contributed by atoms with Crippen LogP contribution in [-0.4, -0.2) is 64.7 Å². The van der Waals surface area contributed by atoms with E-state index in [1.165, 1.54) is 0 Å². The van der Waals surface area contributed by atoms with E-state index in [-0.39, 0.29) is 10.5 Å². The number of allylic oxidation sites excluding steroid dienone is 1. The second kappa shape index (κ2) is 9.43. The highest BCUT2D eigenvalue weighted by Crippen LogP contribution is 2.35. The van der Waals surface area contributed by atoms with Gasteiger partial charge < -0.3 is 9.64 Å². The summed E-state index contributed by atoms with van der Waals surface area (Å²) in [6.45, 7) is 9.72. The van der Waals surface area contributed by atoms with Crippen molar-refractivity contribution in [2.75, 3.05) is 44.2 Å². The Morgan fingerprint density at radius 1 is 1.21 bits per heavy atom. The minimum atomic E-state index is -0.259. The van der Waals surface area contributed by atoms with Crippen LogP contribution in [0, 0.1) is 10.1 Å². The summed E-state index contributed by atoms with van der Waals surface area (Å²) >= 11 is 0. The fourth-order valence-electron chi connectivity index (χ4n) is 4.10. The van der Waals surface area contributed by atoms with Crippen LogP contribution in [0.5, 0.6) is 0 Å². The minimum absolute atomic E-state index is 0.238. The number of rotatable bonds is 8. The molecule has 1 saturated heterocycles. The maximum absolute atomic E-state index is 11.0. The number of piperazine rings is 1. The molecule has 0 bridgehead atoms. The number of nitrogens with zero attached hydrogens (tertiary/aromatic N) is 5. The smallest absolute Gasteiger partial charge is 0.245 e. The fourth-order valence-corrected chi connectivity index (χ4v) is 4.10. The molecule has 1 atom stereocenters. The van der Waals surface area contributed by atoms with Gasteiger partial charge in [0.25, 0.3) is 0 Å². The van der Waals surface area contributed by atoms with Crippen LogP contribution >= 0.6 is 0 Å². The van der Waals surface area contributed by atoms with Gasteiger partial charge in [-0.25, -0.2) is 9.97 Å². The highest BCUT2D eigenvalue weighted by Gasteiger charge is 2.34. The van der Waals surface area contributed by atoms with Crippen molar-refractivity contribution in [2.45, 2.75) is 51.6 Å². The summed E-state index contributed by atoms with van der Waals surface area (Å²) in [4.78, 5) is 24.1. The van der Waals surface area contributed by atoms with Gasteiger partial charge in [-0.15, -0.1) is 0 Å². The molecule has 0 N–H and O–H groups in total. The summed E-state index contributed by atoms with van der Waals surface area (Å²) in [5, 5.41) is 11.0. The lowest BCUT2D eigenvalue weighted by molar-refractivity contribution is -0.431. The molecule has 154 valence electrons. The van der Waals surface area contributed by atoms with E-state index in [1.807, 2.05) is 13.0 Å². The first kappa shape index (κ1) is 20.7. The number of aromatic nitrogens is 2. The fraction of sp³-hybridized carbons (Fsp3) is 0.700. The van der Waals surface area contributed by atoms with Crippen molar-refractivity contribution in [3.8, 4) is 0 Å². The standard InChI is InChI=1S/C20H31N5O3/c1-17-16-20(2,7-6-18(17)25(26)27)28-15-4-3-10-23-11-13-24(14-12-23)19-21-8-5-9-22-19/h5,8-9H,3-4,6-7,10-16H2,1-2H3. The Morgan fingerprint density at radius 3 is 2.57 bits per heavy atom. The number of hydrogen-bond donors (Lipinski definition) is 0. The zero-order chi connectivity index (χ0) is 20.0. The van der Waals surface area contributed by atoms with Gasteiger partial charge in [0.05, 0.1) is 10.5 Å². The Kier molecular flexibility index (Phi) is 6.96. The van der Waals surface area contributed by atoms with Gasteiger partial charge >= 0.3 is 0 Å². The predicted molar refractivity (Wildman–Crippen MR) is 108 cm³/mol. The van der Waals surface area contributed by atoms with E-state index in [0.717, 1.165) is 70.1 Å². The second-order valence-electron chi connectivity index (χ2n) is 8.04. The van der Waals surface area contributed by atoms with E-state index < -0.39 is 0 Å². The quantitative estimate of drug-likeness (QED) is 0.384. The summed E-state index contributed by atoms with van der Waals surface area (Å²) in [7, 11) is 0. The molecule has 8 heteroatoms. The zero-order valence-corrected chi connectivity index (χ0v) is 17.0. The van der Waals surface area contributed by atoms with E-state index in [2.05, 4.69) is 26.7 Å². The predicted octanol–water partition coefficient (Wildman–Crippen LogP) is 2.89. The Morgan fingerprint density at radius 2 is 1.93 bits per heavy atom. The molecule has 1 aromatic heterocycles. The van der Waals surface area contributed by atoms with E-state index in [9.17, 15) is 10.1 Å². The summed E-state index contributed by atoms with van der Waals surface area (Å²) in [5.41, 5.74) is 0.977. The number of anilines is 1. The van der Waals surface area contributed by atoms with Crippen LogP contribution in [-0.2, 0) is 4.74 Å². The third-order valence-corrected chi connectivity index (χ3v) is 5.77. The van der Waals surface area contributed by atoms with Crippen LogP contribution in [0.3, 0.4) is 0 Å². The van der Waals surface area contributed by atoms with Crippen molar-refractivity contribution >= 4 is 5.95 Å². The van der Waals surface area contributed by atoms with Gasteiger partial charge in [0.15, 0.2) is 0 Å². The van der Waals surface area contributed by atoms with Gasteiger partial charge in [0.2, 0.25) is 11.6 Å². The first-order valence-corrected chi connectivity index (χ1v) is 10.2. The van der Waals surface area contributed by atoms with E-state index in [0.29, 0.717) is 18.5 Å². The molecule has 28 heavy (non-hydrogen) atoms. The Hall–Kier alpha value is -2.06. The molecule has 0 radical (unpaired) electrons. The average Bonchev–Trinajstić information content (AvgIpc) is 2.68. The lowest BCUT2D eigenvalue weighted by Gasteiger charge is -2.35. The molecule has 3 rings (SSSR count). The van der Waals surface area contributed by atoms with Gasteiger partial charge in [-0.05, 0) is 45.7 Å². The number of nitro groups is 1. The first-order valence-electron chi connectivity index (χ1n) is 10.2. The second-order valence-corrected chi connectivity index (χ2v) is 8.04. The van der Waals surface area contributed by atoms with Crippen LogP contribution in [0.4, 0.5) is 5.95 Å². The Labute approximate surface area is 166 Å². The molecule has 8 nitrogen and oxygen atoms in total. The summed E-state index contributed by atoms with van der Waals surface area (Å²) in [6, 6.07) is 1.84. The Balaban J connectivity index is 1.31. The number of unbranched alkanes of at least 4 members (excludes halogenated alkanes) is 1. The molecule has 1 aliphatic carbocycles. The van der Waals surface area contributed by atoms with Crippen LogP contribution < -0.4 is 4.90 Å². The van der Waals surface area contributed by atoms with Crippen molar-refractivity contribution in [3.63, 3.8) is 0 Å². The maximum atomic E-state index is 11.0. The summed E-state index contributed by atoms with van der Waals surface area (Å²) in [6.07, 6.45) is 7.59. The van der Waals surface area contributed by atoms with Gasteiger partial charge in [-0.2, -0.15) is 0 Å². The molecule has 0 amide bonds. The van der Waals surface area contributed by atoms with E-state index in [1.54, 1.807) is 12.4 Å². The lowest BCUT2D eigenvalue weighted by atomic mass is 9.84. The van der Waals surface area contributed by atoms with Crippen LogP contribution in [0.2, 0.25) is 0 Å². The third-order valence-electron chi connectivity index (χ3n) is 5.77. The van der Waals surface area contributed by atoms with Crippen molar-refractivity contribution < 1.29 is 9.66 Å². The normalized spacial score (nSPS) is 23.9. The van der Waals surface area contributed by atoms with Gasteiger partial charge in [0.1, 0.15) is 0 Å². The molecule has 0 spiro atoms. The van der Waals surface area contributed by atoms with Crippen molar-refractivity contribution in [2.24, 2.45) is 0 Å². The average molecular weight is 390 g/mol. The SMILES string of the molecule is CC1=C([N+](=O)[O-])CCC(C)(OCCCCN2CCN(c3ncccn3)CC2)C1. The summed E-state index contributed by atoms with van der Waals surface area (Å²) in [5.74, 6) is 0.820. The topological polar surface area (TPSA) is 84.6 Å². The van der Waals surface area contributed by atoms with Crippen LogP contribution in [0.1, 0.15) is 46.0 Å². The maximum Gasteiger partial charge on any atom is 0.245 e. The molecular formula is C20H31N5O3. The molecule has 0 aromatic carbocycles. The molecule has 1 aromatic rings. The third kappa shape index (κ3) is 5.48. The first-order chi connectivity index (χ1) is 13.5. The van der Waals surface area contributed by atoms with Gasteiger partial charge in [-0.3, -0.25) is 15.0 Å². The van der Waals surface area contributed by atoms with Crippen LogP contribution in [0.25, 0.3) is 0 Å². The highest BCUT2D eigenvalue weighted by atomic mass is 16.6. The highest BCUT2D eigenvalue weighted by molar-refractivity contribution is 5.29. The van der Waals surface area contributed by atoms with Gasteiger partial charge in [0, 0.05) is 63.6 Å². The molecular weight excluding hydrogens is 358 g/mol. The number of ether oxygens (including phenoxy) is 1. The van der Waals surface area contributed by atoms with Crippen molar-refractivity contribution in [1.29, 1.82) is 0 Å². The molecule has 0 saturated carbocycles. The van der Waals surface area contributed by atoms with Crippen molar-refractivity contribution in [3.05, 3.63) is 39.8 Å². The minimum Gasteiger partial charge on any atom is -0.375 e. The van der Waals surface area contributed by atoms with Crippen molar-refractivity contribution in [1.82, 2.24) is 14.9 Å². The Bertz CT molecular complexity index is 688. The van der Waals surface area contributed by atoms with E-state index >= 15 is 0 Å². The molecule has 1 fully saturated rings. The van der Waals surface area contributed by atoms with E-state index in [4.69, 9.17) is 4.74 Å². The number of hydrogen-bond acceptors (Lipinski definition) is 7. The van der Waals surface area contributed by atoms with Crippen LogP contribution in [0.15, 0.2) is 29.7 Å². The molecule has 1 unspecified atom stereocenters. The molecule has 1 aliphatic heterocycles. The van der Waals surface area contributed by atoms with Gasteiger partial charge in [-0.1, -0.05) is 0 Å². The molecule has 2 aliphatic rings. The molecule has 2 heterocycles.